The maximum atomic E-state index is 11.5. The third kappa shape index (κ3) is 7.24. The fraction of sp³-hybridized carbons (Fsp3) is 0.840. The molecule has 1 aliphatic heterocycles. The summed E-state index contributed by atoms with van der Waals surface area (Å²) < 4.78 is 2.17. The molecule has 0 radical (unpaired) electrons. The van der Waals surface area contributed by atoms with Crippen LogP contribution < -0.4 is 0 Å². The Morgan fingerprint density at radius 3 is 2.38 bits per heavy atom. The average molecular weight is 402 g/mol. The Kier molecular flexibility index (Phi) is 8.77. The van der Waals surface area contributed by atoms with Crippen molar-refractivity contribution in [3.63, 3.8) is 0 Å². The number of unbranched alkanes of at least 4 members (excludes halogenated alkanes) is 2. The van der Waals surface area contributed by atoms with Gasteiger partial charge in [0.25, 0.3) is 0 Å². The van der Waals surface area contributed by atoms with Gasteiger partial charge in [-0.05, 0) is 94.8 Å². The van der Waals surface area contributed by atoms with Crippen LogP contribution in [0.1, 0.15) is 96.5 Å². The number of likely N-dealkylation sites (tertiary alicyclic amines) is 1. The van der Waals surface area contributed by atoms with Gasteiger partial charge >= 0.3 is 0 Å². The summed E-state index contributed by atoms with van der Waals surface area (Å²) in [6.07, 6.45) is 17.3. The van der Waals surface area contributed by atoms with E-state index in [4.69, 9.17) is 0 Å². The topological polar surface area (TPSA) is 38.1 Å². The molecule has 0 bridgehead atoms. The highest BCUT2D eigenvalue weighted by Crippen LogP contribution is 2.32. The number of piperidine rings is 1. The van der Waals surface area contributed by atoms with E-state index in [0.29, 0.717) is 17.6 Å². The third-order valence-electron chi connectivity index (χ3n) is 7.48. The molecule has 1 aliphatic carbocycles. The molecular weight excluding hydrogens is 358 g/mol. The van der Waals surface area contributed by atoms with Crippen molar-refractivity contribution in [2.24, 2.45) is 17.8 Å². The van der Waals surface area contributed by atoms with Gasteiger partial charge in [-0.25, -0.2) is 0 Å². The molecule has 0 amide bonds. The SMILES string of the molecule is CC(=O)[C@H]1CC[C@@H](CCCCCN2CCC(Cn3cc(C(C)C)cn3)CC2)CC1. The van der Waals surface area contributed by atoms with Gasteiger partial charge in [0.2, 0.25) is 0 Å². The van der Waals surface area contributed by atoms with E-state index < -0.39 is 0 Å². The molecule has 2 heterocycles. The average Bonchev–Trinajstić information content (AvgIpc) is 3.18. The molecule has 1 saturated carbocycles. The molecule has 4 nitrogen and oxygen atoms in total. The molecular formula is C25H43N3O. The highest BCUT2D eigenvalue weighted by molar-refractivity contribution is 5.78. The fourth-order valence-electron chi connectivity index (χ4n) is 5.24. The van der Waals surface area contributed by atoms with Crippen LogP contribution in [0.15, 0.2) is 12.4 Å². The van der Waals surface area contributed by atoms with E-state index >= 15 is 0 Å². The summed E-state index contributed by atoms with van der Waals surface area (Å²) in [6.45, 7) is 11.1. The van der Waals surface area contributed by atoms with Gasteiger partial charge in [0.15, 0.2) is 0 Å². The van der Waals surface area contributed by atoms with Crippen molar-refractivity contribution >= 4 is 5.78 Å². The number of hydrogen-bond acceptors (Lipinski definition) is 3. The predicted molar refractivity (Wildman–Crippen MR) is 120 cm³/mol. The second-order valence-electron chi connectivity index (χ2n) is 10.1. The Morgan fingerprint density at radius 2 is 1.76 bits per heavy atom. The van der Waals surface area contributed by atoms with Crippen LogP contribution in [0.25, 0.3) is 0 Å². The largest absolute Gasteiger partial charge is 0.303 e. The van der Waals surface area contributed by atoms with Gasteiger partial charge in [0, 0.05) is 18.7 Å². The number of carbonyl (C=O) groups is 1. The van der Waals surface area contributed by atoms with Crippen LogP contribution in [-0.2, 0) is 11.3 Å². The Hall–Kier alpha value is -1.16. The van der Waals surface area contributed by atoms with Crippen molar-refractivity contribution in [3.8, 4) is 0 Å². The number of carbonyl (C=O) groups excluding carboxylic acids is 1. The highest BCUT2D eigenvalue weighted by atomic mass is 16.1. The first kappa shape index (κ1) is 22.5. The monoisotopic (exact) mass is 401 g/mol. The number of nitrogens with zero attached hydrogens (tertiary/aromatic N) is 3. The summed E-state index contributed by atoms with van der Waals surface area (Å²) >= 11 is 0. The van der Waals surface area contributed by atoms with Crippen molar-refractivity contribution in [2.45, 2.75) is 97.4 Å². The minimum atomic E-state index is 0.375. The summed E-state index contributed by atoms with van der Waals surface area (Å²) in [5.74, 6) is 3.04. The van der Waals surface area contributed by atoms with Gasteiger partial charge in [-0.3, -0.25) is 9.48 Å². The zero-order valence-electron chi connectivity index (χ0n) is 19.1. The van der Waals surface area contributed by atoms with Crippen LogP contribution in [0, 0.1) is 17.8 Å². The lowest BCUT2D eigenvalue weighted by molar-refractivity contribution is -0.121. The summed E-state index contributed by atoms with van der Waals surface area (Å²) in [5.41, 5.74) is 1.36. The second-order valence-corrected chi connectivity index (χ2v) is 10.1. The zero-order valence-corrected chi connectivity index (χ0v) is 19.1. The van der Waals surface area contributed by atoms with Gasteiger partial charge < -0.3 is 4.90 Å². The Balaban J connectivity index is 1.22. The van der Waals surface area contributed by atoms with E-state index in [1.54, 1.807) is 6.92 Å². The van der Waals surface area contributed by atoms with Crippen LogP contribution in [-0.4, -0.2) is 40.1 Å². The first-order valence-electron chi connectivity index (χ1n) is 12.3. The van der Waals surface area contributed by atoms with E-state index in [9.17, 15) is 4.79 Å². The molecule has 0 spiro atoms. The summed E-state index contributed by atoms with van der Waals surface area (Å²) in [5, 5.41) is 4.56. The Bertz CT molecular complexity index is 607. The standard InChI is InChI=1S/C25H43N3O/c1-20(2)25-17-26-28(19-25)18-23-12-15-27(16-13-23)14-6-4-5-7-22-8-10-24(11-9-22)21(3)29/h17,19-20,22-24H,4-16,18H2,1-3H3/t22-,24+. The predicted octanol–water partition coefficient (Wildman–Crippen LogP) is 5.67. The first-order chi connectivity index (χ1) is 14.0. The molecule has 2 fully saturated rings. The normalized spacial score (nSPS) is 24.3. The summed E-state index contributed by atoms with van der Waals surface area (Å²) in [6, 6.07) is 0. The molecule has 0 aromatic carbocycles. The van der Waals surface area contributed by atoms with E-state index in [0.717, 1.165) is 31.2 Å². The molecule has 164 valence electrons. The maximum absolute atomic E-state index is 11.5. The molecule has 4 heteroatoms. The fourth-order valence-corrected chi connectivity index (χ4v) is 5.24. The molecule has 0 atom stereocenters. The molecule has 3 rings (SSSR count). The summed E-state index contributed by atoms with van der Waals surface area (Å²) in [4.78, 5) is 14.2. The number of Topliss-reactive ketones (excluding diaryl/α,β-unsaturated/α-hetero) is 1. The number of aromatic nitrogens is 2. The maximum Gasteiger partial charge on any atom is 0.132 e. The smallest absolute Gasteiger partial charge is 0.132 e. The zero-order chi connectivity index (χ0) is 20.6. The Labute approximate surface area is 178 Å². The van der Waals surface area contributed by atoms with Gasteiger partial charge in [-0.1, -0.05) is 33.1 Å². The molecule has 1 aromatic rings. The molecule has 0 unspecified atom stereocenters. The van der Waals surface area contributed by atoms with Gasteiger partial charge in [-0.2, -0.15) is 5.10 Å². The van der Waals surface area contributed by atoms with Crippen molar-refractivity contribution in [1.29, 1.82) is 0 Å². The molecule has 1 aromatic heterocycles. The van der Waals surface area contributed by atoms with E-state index in [2.05, 4.69) is 34.7 Å². The van der Waals surface area contributed by atoms with Gasteiger partial charge in [0.05, 0.1) is 6.20 Å². The van der Waals surface area contributed by atoms with Crippen LogP contribution in [0.4, 0.5) is 0 Å². The second kappa shape index (κ2) is 11.3. The minimum Gasteiger partial charge on any atom is -0.303 e. The van der Waals surface area contributed by atoms with Crippen molar-refractivity contribution < 1.29 is 4.79 Å². The highest BCUT2D eigenvalue weighted by Gasteiger charge is 2.23. The lowest BCUT2D eigenvalue weighted by atomic mass is 9.78. The molecule has 0 N–H and O–H groups in total. The molecule has 2 aliphatic rings. The van der Waals surface area contributed by atoms with Crippen molar-refractivity contribution in [2.75, 3.05) is 19.6 Å². The quantitative estimate of drug-likeness (QED) is 0.474. The minimum absolute atomic E-state index is 0.375. The van der Waals surface area contributed by atoms with Crippen LogP contribution >= 0.6 is 0 Å². The molecule has 29 heavy (non-hydrogen) atoms. The third-order valence-corrected chi connectivity index (χ3v) is 7.48. The van der Waals surface area contributed by atoms with Crippen molar-refractivity contribution in [1.82, 2.24) is 14.7 Å². The van der Waals surface area contributed by atoms with E-state index in [1.807, 2.05) is 6.20 Å². The van der Waals surface area contributed by atoms with Crippen LogP contribution in [0.5, 0.6) is 0 Å². The van der Waals surface area contributed by atoms with Crippen molar-refractivity contribution in [3.05, 3.63) is 18.0 Å². The first-order valence-corrected chi connectivity index (χ1v) is 12.3. The van der Waals surface area contributed by atoms with Crippen LogP contribution in [0.3, 0.4) is 0 Å². The number of hydrogen-bond donors (Lipinski definition) is 0. The van der Waals surface area contributed by atoms with E-state index in [-0.39, 0.29) is 0 Å². The van der Waals surface area contributed by atoms with E-state index in [1.165, 1.54) is 76.6 Å². The number of rotatable bonds is 10. The Morgan fingerprint density at radius 1 is 1.03 bits per heavy atom. The number of ketones is 1. The van der Waals surface area contributed by atoms with Crippen LogP contribution in [0.2, 0.25) is 0 Å². The molecule has 1 saturated heterocycles. The van der Waals surface area contributed by atoms with Gasteiger partial charge in [0.1, 0.15) is 5.78 Å². The lowest BCUT2D eigenvalue weighted by Crippen LogP contribution is -2.35. The lowest BCUT2D eigenvalue weighted by Gasteiger charge is -2.32. The van der Waals surface area contributed by atoms with Gasteiger partial charge in [-0.15, -0.1) is 0 Å². The summed E-state index contributed by atoms with van der Waals surface area (Å²) in [7, 11) is 0.